The minimum Gasteiger partial charge on any atom is -0.507 e. The van der Waals surface area contributed by atoms with Gasteiger partial charge in [-0.25, -0.2) is 0 Å². The summed E-state index contributed by atoms with van der Waals surface area (Å²) in [6, 6.07) is 11.9. The molecule has 30 heavy (non-hydrogen) atoms. The van der Waals surface area contributed by atoms with Gasteiger partial charge in [0.25, 0.3) is 17.4 Å². The number of benzene rings is 2. The molecule has 0 aliphatic carbocycles. The van der Waals surface area contributed by atoms with E-state index in [9.17, 15) is 24.8 Å². The molecular formula is C22H23N3O5. The minimum absolute atomic E-state index is 0.0140. The Morgan fingerprint density at radius 2 is 1.70 bits per heavy atom. The van der Waals surface area contributed by atoms with Crippen molar-refractivity contribution in [1.29, 1.82) is 0 Å². The topological polar surface area (TPSA) is 104 Å². The van der Waals surface area contributed by atoms with Crippen LogP contribution in [0.4, 0.5) is 11.4 Å². The lowest BCUT2D eigenvalue weighted by Crippen LogP contribution is -2.30. The van der Waals surface area contributed by atoms with Crippen LogP contribution >= 0.6 is 0 Å². The van der Waals surface area contributed by atoms with Gasteiger partial charge in [-0.05, 0) is 36.2 Å². The van der Waals surface area contributed by atoms with Gasteiger partial charge in [0.2, 0.25) is 0 Å². The lowest BCUT2D eigenvalue weighted by molar-refractivity contribution is -0.384. The average molecular weight is 409 g/mol. The number of nitro benzene ring substituents is 1. The highest BCUT2D eigenvalue weighted by Gasteiger charge is 2.45. The van der Waals surface area contributed by atoms with Crippen molar-refractivity contribution in [3.05, 3.63) is 75.3 Å². The SMILES string of the molecule is CCCN1C(=O)C(=O)/C(=C(\O)c2ccc([N+](=O)[O-])cc2)C1c1ccc(N(C)C)cc1. The number of hydrogen-bond donors (Lipinski definition) is 1. The largest absolute Gasteiger partial charge is 0.507 e. The van der Waals surface area contributed by atoms with Gasteiger partial charge in [0.15, 0.2) is 0 Å². The number of likely N-dealkylation sites (tertiary alicyclic amines) is 1. The minimum atomic E-state index is -0.763. The Balaban J connectivity index is 2.13. The first-order valence-electron chi connectivity index (χ1n) is 9.56. The third-order valence-corrected chi connectivity index (χ3v) is 5.08. The third-order valence-electron chi connectivity index (χ3n) is 5.08. The molecule has 1 amide bonds. The molecule has 1 heterocycles. The van der Waals surface area contributed by atoms with Crippen LogP contribution in [0.3, 0.4) is 0 Å². The van der Waals surface area contributed by atoms with Crippen molar-refractivity contribution in [2.75, 3.05) is 25.5 Å². The molecule has 8 nitrogen and oxygen atoms in total. The summed E-state index contributed by atoms with van der Waals surface area (Å²) in [6.07, 6.45) is 0.650. The third kappa shape index (κ3) is 3.76. The van der Waals surface area contributed by atoms with Crippen LogP contribution in [-0.2, 0) is 9.59 Å². The fourth-order valence-corrected chi connectivity index (χ4v) is 3.55. The van der Waals surface area contributed by atoms with Crippen LogP contribution in [0, 0.1) is 10.1 Å². The van der Waals surface area contributed by atoms with Gasteiger partial charge in [-0.1, -0.05) is 19.1 Å². The van der Waals surface area contributed by atoms with E-state index < -0.39 is 22.7 Å². The highest BCUT2D eigenvalue weighted by molar-refractivity contribution is 6.46. The zero-order chi connectivity index (χ0) is 22.0. The summed E-state index contributed by atoms with van der Waals surface area (Å²) in [5, 5.41) is 21.8. The van der Waals surface area contributed by atoms with Gasteiger partial charge < -0.3 is 14.9 Å². The number of nitro groups is 1. The van der Waals surface area contributed by atoms with Crippen molar-refractivity contribution in [2.45, 2.75) is 19.4 Å². The summed E-state index contributed by atoms with van der Waals surface area (Å²) < 4.78 is 0. The Hall–Kier alpha value is -3.68. The van der Waals surface area contributed by atoms with E-state index in [1.807, 2.05) is 50.2 Å². The number of ketones is 1. The first-order valence-corrected chi connectivity index (χ1v) is 9.56. The molecule has 0 saturated carbocycles. The molecule has 1 aliphatic heterocycles. The molecule has 1 aliphatic rings. The summed E-state index contributed by atoms with van der Waals surface area (Å²) in [6.45, 7) is 2.27. The van der Waals surface area contributed by atoms with Crippen LogP contribution in [0.25, 0.3) is 5.76 Å². The fraction of sp³-hybridized carbons (Fsp3) is 0.273. The molecule has 0 aromatic heterocycles. The predicted molar refractivity (Wildman–Crippen MR) is 113 cm³/mol. The van der Waals surface area contributed by atoms with E-state index in [1.165, 1.54) is 29.2 Å². The van der Waals surface area contributed by atoms with E-state index >= 15 is 0 Å². The van der Waals surface area contributed by atoms with Gasteiger partial charge in [0.1, 0.15) is 5.76 Å². The summed E-state index contributed by atoms with van der Waals surface area (Å²) >= 11 is 0. The monoisotopic (exact) mass is 409 g/mol. The number of amides is 1. The molecule has 156 valence electrons. The molecule has 2 aromatic carbocycles. The average Bonchev–Trinajstić information content (AvgIpc) is 2.98. The number of aliphatic hydroxyl groups is 1. The van der Waals surface area contributed by atoms with E-state index in [1.54, 1.807) is 0 Å². The van der Waals surface area contributed by atoms with Crippen molar-refractivity contribution in [3.8, 4) is 0 Å². The Bertz CT molecular complexity index is 1010. The first-order chi connectivity index (χ1) is 14.3. The molecular weight excluding hydrogens is 386 g/mol. The molecule has 1 saturated heterocycles. The van der Waals surface area contributed by atoms with Crippen LogP contribution in [-0.4, -0.2) is 47.3 Å². The van der Waals surface area contributed by atoms with E-state index in [0.29, 0.717) is 18.5 Å². The van der Waals surface area contributed by atoms with Gasteiger partial charge in [-0.2, -0.15) is 0 Å². The maximum Gasteiger partial charge on any atom is 0.295 e. The predicted octanol–water partition coefficient (Wildman–Crippen LogP) is 3.49. The zero-order valence-corrected chi connectivity index (χ0v) is 17.0. The lowest BCUT2D eigenvalue weighted by Gasteiger charge is -2.25. The van der Waals surface area contributed by atoms with Crippen LogP contribution in [0.15, 0.2) is 54.1 Å². The molecule has 2 aromatic rings. The maximum absolute atomic E-state index is 12.8. The van der Waals surface area contributed by atoms with E-state index in [0.717, 1.165) is 5.69 Å². The number of nitrogens with zero attached hydrogens (tertiary/aromatic N) is 3. The normalized spacial score (nSPS) is 18.0. The molecule has 3 rings (SSSR count). The highest BCUT2D eigenvalue weighted by atomic mass is 16.6. The molecule has 1 unspecified atom stereocenters. The zero-order valence-electron chi connectivity index (χ0n) is 17.0. The smallest absolute Gasteiger partial charge is 0.295 e. The summed E-state index contributed by atoms with van der Waals surface area (Å²) in [5.74, 6) is -1.77. The van der Waals surface area contributed by atoms with Gasteiger partial charge in [0, 0.05) is 44.0 Å². The fourth-order valence-electron chi connectivity index (χ4n) is 3.55. The second-order valence-electron chi connectivity index (χ2n) is 7.28. The van der Waals surface area contributed by atoms with Gasteiger partial charge in [-0.15, -0.1) is 0 Å². The summed E-state index contributed by atoms with van der Waals surface area (Å²) in [5.41, 5.74) is 1.76. The first kappa shape index (κ1) is 21.0. The molecule has 0 spiro atoms. The van der Waals surface area contributed by atoms with Crippen LogP contribution in [0.2, 0.25) is 0 Å². The molecule has 0 radical (unpaired) electrons. The molecule has 1 fully saturated rings. The number of anilines is 1. The van der Waals surface area contributed by atoms with Gasteiger partial charge in [-0.3, -0.25) is 19.7 Å². The van der Waals surface area contributed by atoms with Crippen molar-refractivity contribution in [3.63, 3.8) is 0 Å². The summed E-state index contributed by atoms with van der Waals surface area (Å²) in [7, 11) is 3.82. The van der Waals surface area contributed by atoms with Crippen molar-refractivity contribution in [1.82, 2.24) is 4.90 Å². The van der Waals surface area contributed by atoms with Crippen molar-refractivity contribution in [2.24, 2.45) is 0 Å². The number of carbonyl (C=O) groups is 2. The molecule has 1 atom stereocenters. The number of non-ortho nitro benzene ring substituents is 1. The number of aliphatic hydroxyl groups excluding tert-OH is 1. The molecule has 8 heteroatoms. The van der Waals surface area contributed by atoms with Crippen LogP contribution < -0.4 is 4.90 Å². The second-order valence-corrected chi connectivity index (χ2v) is 7.28. The second kappa shape index (κ2) is 8.36. The number of carbonyl (C=O) groups excluding carboxylic acids is 2. The van der Waals surface area contributed by atoms with Crippen LogP contribution in [0.1, 0.15) is 30.5 Å². The van der Waals surface area contributed by atoms with Gasteiger partial charge in [0.05, 0.1) is 16.5 Å². The quantitative estimate of drug-likeness (QED) is 0.257. The number of Topliss-reactive ketones (excluding diaryl/α,β-unsaturated/α-hetero) is 1. The van der Waals surface area contributed by atoms with Crippen molar-refractivity contribution < 1.29 is 19.6 Å². The molecule has 0 bridgehead atoms. The number of hydrogen-bond acceptors (Lipinski definition) is 6. The summed E-state index contributed by atoms with van der Waals surface area (Å²) in [4.78, 5) is 39.2. The van der Waals surface area contributed by atoms with Gasteiger partial charge >= 0.3 is 0 Å². The number of rotatable bonds is 6. The Morgan fingerprint density at radius 3 is 2.20 bits per heavy atom. The van der Waals surface area contributed by atoms with Crippen LogP contribution in [0.5, 0.6) is 0 Å². The maximum atomic E-state index is 12.8. The van der Waals surface area contributed by atoms with E-state index in [-0.39, 0.29) is 22.6 Å². The Labute approximate surface area is 174 Å². The lowest BCUT2D eigenvalue weighted by atomic mass is 9.95. The highest BCUT2D eigenvalue weighted by Crippen LogP contribution is 2.40. The molecule has 1 N–H and O–H groups in total. The Morgan fingerprint density at radius 1 is 1.10 bits per heavy atom. The van der Waals surface area contributed by atoms with E-state index in [4.69, 9.17) is 0 Å². The van der Waals surface area contributed by atoms with E-state index in [2.05, 4.69) is 0 Å². The van der Waals surface area contributed by atoms with Crippen molar-refractivity contribution >= 4 is 28.8 Å². The standard InChI is InChI=1S/C22H23N3O5/c1-4-13-24-19(14-5-9-16(10-6-14)23(2)3)18(21(27)22(24)28)20(26)15-7-11-17(12-8-15)25(29)30/h5-12,19,26H,4,13H2,1-3H3/b20-18-. The Kier molecular flexibility index (Phi) is 5.86.